The van der Waals surface area contributed by atoms with Crippen molar-refractivity contribution in [1.82, 2.24) is 5.32 Å². The van der Waals surface area contributed by atoms with E-state index in [9.17, 15) is 9.59 Å². The normalized spacial score (nSPS) is 25.4. The molecule has 1 aromatic carbocycles. The van der Waals surface area contributed by atoms with Crippen LogP contribution in [0.1, 0.15) is 18.4 Å². The van der Waals surface area contributed by atoms with Gasteiger partial charge in [-0.2, -0.15) is 0 Å². The van der Waals surface area contributed by atoms with Crippen molar-refractivity contribution in [2.24, 2.45) is 11.8 Å². The van der Waals surface area contributed by atoms with Gasteiger partial charge in [-0.05, 0) is 5.56 Å². The zero-order valence-electron chi connectivity index (χ0n) is 9.59. The molecule has 1 saturated heterocycles. The fourth-order valence-corrected chi connectivity index (χ4v) is 2.39. The minimum Gasteiger partial charge on any atom is -0.481 e. The third kappa shape index (κ3) is 2.16. The monoisotopic (exact) mass is 233 g/mol. The fraction of sp³-hybridized carbons (Fsp3) is 0.385. The Labute approximate surface area is 99.6 Å². The summed E-state index contributed by atoms with van der Waals surface area (Å²) in [5.41, 5.74) is 1.02. The number of carbonyl (C=O) groups excluding carboxylic acids is 1. The van der Waals surface area contributed by atoms with Crippen LogP contribution in [0.4, 0.5) is 0 Å². The second-order valence-electron chi connectivity index (χ2n) is 4.42. The van der Waals surface area contributed by atoms with Crippen molar-refractivity contribution in [2.75, 3.05) is 6.54 Å². The maximum atomic E-state index is 11.7. The van der Waals surface area contributed by atoms with E-state index in [1.807, 2.05) is 30.3 Å². The minimum absolute atomic E-state index is 0.0465. The highest BCUT2D eigenvalue weighted by Gasteiger charge is 2.41. The molecule has 0 spiro atoms. The number of carbonyl (C=O) groups is 2. The lowest BCUT2D eigenvalue weighted by molar-refractivity contribution is -0.145. The highest BCUT2D eigenvalue weighted by Crippen LogP contribution is 2.34. The van der Waals surface area contributed by atoms with Crippen LogP contribution in [-0.4, -0.2) is 23.5 Å². The maximum absolute atomic E-state index is 11.7. The van der Waals surface area contributed by atoms with Crippen molar-refractivity contribution in [2.45, 2.75) is 12.8 Å². The van der Waals surface area contributed by atoms with E-state index in [4.69, 9.17) is 5.11 Å². The summed E-state index contributed by atoms with van der Waals surface area (Å²) in [5, 5.41) is 11.8. The second kappa shape index (κ2) is 4.57. The number of hydrogen-bond donors (Lipinski definition) is 2. The molecule has 0 radical (unpaired) electrons. The molecule has 1 amide bonds. The highest BCUT2D eigenvalue weighted by molar-refractivity contribution is 5.87. The van der Waals surface area contributed by atoms with Crippen LogP contribution < -0.4 is 5.32 Å². The summed E-state index contributed by atoms with van der Waals surface area (Å²) < 4.78 is 0. The maximum Gasteiger partial charge on any atom is 0.307 e. The molecule has 2 N–H and O–H groups in total. The molecule has 4 nitrogen and oxygen atoms in total. The van der Waals surface area contributed by atoms with E-state index in [0.29, 0.717) is 6.54 Å². The average molecular weight is 233 g/mol. The Balaban J connectivity index is 2.28. The van der Waals surface area contributed by atoms with Gasteiger partial charge in [-0.25, -0.2) is 0 Å². The van der Waals surface area contributed by atoms with Gasteiger partial charge in [0.2, 0.25) is 5.91 Å². The lowest BCUT2D eigenvalue weighted by Crippen LogP contribution is -2.30. The predicted molar refractivity (Wildman–Crippen MR) is 62.5 cm³/mol. The number of nitrogens with one attached hydrogen (secondary N) is 1. The Hall–Kier alpha value is -1.84. The minimum atomic E-state index is -0.923. The van der Waals surface area contributed by atoms with Crippen LogP contribution >= 0.6 is 0 Å². The van der Waals surface area contributed by atoms with Crippen molar-refractivity contribution >= 4 is 11.9 Å². The number of amides is 1. The number of carboxylic acids is 1. The van der Waals surface area contributed by atoms with Gasteiger partial charge in [0.25, 0.3) is 0 Å². The largest absolute Gasteiger partial charge is 0.481 e. The number of hydrogen-bond acceptors (Lipinski definition) is 2. The van der Waals surface area contributed by atoms with E-state index >= 15 is 0 Å². The summed E-state index contributed by atoms with van der Waals surface area (Å²) in [5.74, 6) is -2.27. The Morgan fingerprint density at radius 3 is 2.65 bits per heavy atom. The molecule has 0 saturated carbocycles. The van der Waals surface area contributed by atoms with Crippen LogP contribution in [-0.2, 0) is 9.59 Å². The molecule has 1 aromatic rings. The van der Waals surface area contributed by atoms with E-state index in [2.05, 4.69) is 5.32 Å². The van der Waals surface area contributed by atoms with Crippen LogP contribution in [0.15, 0.2) is 30.3 Å². The van der Waals surface area contributed by atoms with Gasteiger partial charge < -0.3 is 10.4 Å². The van der Waals surface area contributed by atoms with Crippen LogP contribution in [0, 0.1) is 11.8 Å². The highest BCUT2D eigenvalue weighted by atomic mass is 16.4. The van der Waals surface area contributed by atoms with Crippen molar-refractivity contribution in [3.05, 3.63) is 35.9 Å². The van der Waals surface area contributed by atoms with E-state index in [1.54, 1.807) is 6.92 Å². The first-order chi connectivity index (χ1) is 8.11. The molecule has 2 rings (SSSR count). The topological polar surface area (TPSA) is 66.4 Å². The molecule has 0 bridgehead atoms. The molecular weight excluding hydrogens is 218 g/mol. The molecule has 3 atom stereocenters. The molecular formula is C13H15NO3. The Bertz CT molecular complexity index is 430. The van der Waals surface area contributed by atoms with Crippen LogP contribution in [0.25, 0.3) is 0 Å². The van der Waals surface area contributed by atoms with Crippen molar-refractivity contribution < 1.29 is 14.7 Å². The Kier molecular flexibility index (Phi) is 3.13. The first kappa shape index (κ1) is 11.6. The van der Waals surface area contributed by atoms with Gasteiger partial charge in [0.05, 0.1) is 11.8 Å². The van der Waals surface area contributed by atoms with E-state index < -0.39 is 17.8 Å². The Morgan fingerprint density at radius 2 is 2.06 bits per heavy atom. The standard InChI is InChI=1S/C13H15NO3/c1-8(13(16)17)11-10(7-14-12(11)15)9-5-3-2-4-6-9/h2-6,8,10-11H,7H2,1H3,(H,14,15)(H,16,17)/t8?,10-,11?/m1/s1. The first-order valence-corrected chi connectivity index (χ1v) is 5.66. The number of aliphatic carboxylic acids is 1. The van der Waals surface area contributed by atoms with Crippen LogP contribution in [0.3, 0.4) is 0 Å². The zero-order valence-corrected chi connectivity index (χ0v) is 9.59. The van der Waals surface area contributed by atoms with E-state index in [1.165, 1.54) is 0 Å². The van der Waals surface area contributed by atoms with Crippen LogP contribution in [0.2, 0.25) is 0 Å². The van der Waals surface area contributed by atoms with Crippen LogP contribution in [0.5, 0.6) is 0 Å². The van der Waals surface area contributed by atoms with E-state index in [0.717, 1.165) is 5.56 Å². The fourth-order valence-electron chi connectivity index (χ4n) is 2.39. The molecule has 1 aliphatic heterocycles. The predicted octanol–water partition coefficient (Wildman–Crippen LogP) is 1.24. The molecule has 4 heteroatoms. The number of benzene rings is 1. The van der Waals surface area contributed by atoms with Gasteiger partial charge in [0, 0.05) is 12.5 Å². The summed E-state index contributed by atoms with van der Waals surface area (Å²) in [6, 6.07) is 9.59. The van der Waals surface area contributed by atoms with Gasteiger partial charge in [-0.15, -0.1) is 0 Å². The average Bonchev–Trinajstić information content (AvgIpc) is 2.71. The van der Waals surface area contributed by atoms with Gasteiger partial charge in [-0.3, -0.25) is 9.59 Å². The van der Waals surface area contributed by atoms with Crippen molar-refractivity contribution in [3.8, 4) is 0 Å². The molecule has 1 fully saturated rings. The zero-order chi connectivity index (χ0) is 12.4. The third-order valence-corrected chi connectivity index (χ3v) is 3.39. The molecule has 2 unspecified atom stereocenters. The quantitative estimate of drug-likeness (QED) is 0.825. The molecule has 90 valence electrons. The van der Waals surface area contributed by atoms with Crippen molar-refractivity contribution in [3.63, 3.8) is 0 Å². The number of rotatable bonds is 3. The molecule has 1 aliphatic rings. The van der Waals surface area contributed by atoms with Gasteiger partial charge in [0.15, 0.2) is 0 Å². The summed E-state index contributed by atoms with van der Waals surface area (Å²) in [7, 11) is 0. The first-order valence-electron chi connectivity index (χ1n) is 5.66. The molecule has 1 heterocycles. The number of carboxylic acid groups (broad SMARTS) is 1. The lowest BCUT2D eigenvalue weighted by atomic mass is 9.80. The molecule has 0 aromatic heterocycles. The Morgan fingerprint density at radius 1 is 1.41 bits per heavy atom. The van der Waals surface area contributed by atoms with Gasteiger partial charge in [0.1, 0.15) is 0 Å². The summed E-state index contributed by atoms with van der Waals surface area (Å²) in [4.78, 5) is 22.8. The molecule has 0 aliphatic carbocycles. The third-order valence-electron chi connectivity index (χ3n) is 3.39. The van der Waals surface area contributed by atoms with Gasteiger partial charge >= 0.3 is 5.97 Å². The van der Waals surface area contributed by atoms with Crippen molar-refractivity contribution in [1.29, 1.82) is 0 Å². The lowest BCUT2D eigenvalue weighted by Gasteiger charge is -2.20. The SMILES string of the molecule is CC(C(=O)O)C1C(=O)NC[C@@H]1c1ccccc1. The summed E-state index contributed by atoms with van der Waals surface area (Å²) >= 11 is 0. The summed E-state index contributed by atoms with van der Waals surface area (Å²) in [6.07, 6.45) is 0. The van der Waals surface area contributed by atoms with Gasteiger partial charge in [-0.1, -0.05) is 37.3 Å². The summed E-state index contributed by atoms with van der Waals surface area (Å²) in [6.45, 7) is 2.11. The van der Waals surface area contributed by atoms with E-state index in [-0.39, 0.29) is 11.8 Å². The molecule has 17 heavy (non-hydrogen) atoms. The second-order valence-corrected chi connectivity index (χ2v) is 4.42. The smallest absolute Gasteiger partial charge is 0.307 e.